The minimum Gasteiger partial charge on any atom is -0.443 e. The first-order chi connectivity index (χ1) is 12.4. The summed E-state index contributed by atoms with van der Waals surface area (Å²) in [6.45, 7) is 5.66. The Hall–Kier alpha value is -0.690. The summed E-state index contributed by atoms with van der Waals surface area (Å²) in [6.07, 6.45) is -1.11. The van der Waals surface area contributed by atoms with Crippen LogP contribution >= 0.6 is 34.2 Å². The highest BCUT2D eigenvalue weighted by Gasteiger charge is 2.44. The highest BCUT2D eigenvalue weighted by molar-refractivity contribution is 14.1. The molecule has 0 spiro atoms. The maximum atomic E-state index is 13.8. The molecule has 0 radical (unpaired) electrons. The minimum atomic E-state index is -4.27. The van der Waals surface area contributed by atoms with Crippen LogP contribution in [0.25, 0.3) is 0 Å². The Labute approximate surface area is 177 Å². The highest BCUT2D eigenvalue weighted by atomic mass is 127. The van der Waals surface area contributed by atoms with Gasteiger partial charge in [0, 0.05) is 26.1 Å². The Morgan fingerprint density at radius 1 is 1.41 bits per heavy atom. The fourth-order valence-electron chi connectivity index (χ4n) is 2.46. The lowest BCUT2D eigenvalue weighted by molar-refractivity contribution is 0.0594. The molecule has 0 bridgehead atoms. The second-order valence-electron chi connectivity index (χ2n) is 7.09. The maximum absolute atomic E-state index is 13.8. The second kappa shape index (κ2) is 8.36. The van der Waals surface area contributed by atoms with Crippen LogP contribution in [-0.2, 0) is 19.7 Å². The van der Waals surface area contributed by atoms with Crippen molar-refractivity contribution < 1.29 is 27.1 Å². The van der Waals surface area contributed by atoms with Crippen LogP contribution in [0.3, 0.4) is 0 Å². The van der Waals surface area contributed by atoms with Gasteiger partial charge in [0.05, 0.1) is 20.9 Å². The zero-order chi connectivity index (χ0) is 20.6. The molecule has 27 heavy (non-hydrogen) atoms. The summed E-state index contributed by atoms with van der Waals surface area (Å²) in [6, 6.07) is 2.20. The van der Waals surface area contributed by atoms with Crippen LogP contribution in [0.4, 0.5) is 14.9 Å². The number of hydrogen-bond donors (Lipinski definition) is 0. The number of methoxy groups -OCH3 is 1. The average molecular weight is 535 g/mol. The molecule has 0 aromatic heterocycles. The molecule has 1 fully saturated rings. The van der Waals surface area contributed by atoms with Crippen LogP contribution in [0.1, 0.15) is 20.8 Å². The van der Waals surface area contributed by atoms with E-state index in [1.807, 2.05) is 0 Å². The van der Waals surface area contributed by atoms with E-state index in [0.29, 0.717) is 10.9 Å². The summed E-state index contributed by atoms with van der Waals surface area (Å²) in [4.78, 5) is 12.7. The summed E-state index contributed by atoms with van der Waals surface area (Å²) in [5.74, 6) is -0.580. The molecule has 0 unspecified atom stereocenters. The van der Waals surface area contributed by atoms with Gasteiger partial charge in [0.1, 0.15) is 11.4 Å². The van der Waals surface area contributed by atoms with Gasteiger partial charge in [-0.2, -0.15) is 17.0 Å². The van der Waals surface area contributed by atoms with Crippen molar-refractivity contribution in [2.24, 2.45) is 5.92 Å². The number of halogens is 3. The molecule has 0 aliphatic carbocycles. The van der Waals surface area contributed by atoms with E-state index in [2.05, 4.69) is 0 Å². The van der Waals surface area contributed by atoms with Gasteiger partial charge in [0.15, 0.2) is 0 Å². The van der Waals surface area contributed by atoms with Crippen molar-refractivity contribution >= 4 is 56.2 Å². The molecule has 2 rings (SSSR count). The van der Waals surface area contributed by atoms with Crippen LogP contribution < -0.4 is 4.31 Å². The first-order valence-corrected chi connectivity index (χ1v) is 10.9. The Morgan fingerprint density at radius 3 is 2.52 bits per heavy atom. The van der Waals surface area contributed by atoms with Gasteiger partial charge < -0.3 is 9.47 Å². The Balaban J connectivity index is 2.45. The molecule has 1 amide bonds. The normalized spacial score (nSPS) is 16.1. The van der Waals surface area contributed by atoms with Crippen LogP contribution in [-0.4, -0.2) is 51.2 Å². The smallest absolute Gasteiger partial charge is 0.429 e. The largest absolute Gasteiger partial charge is 0.443 e. The molecule has 11 heteroatoms. The lowest BCUT2D eigenvalue weighted by atomic mass is 10.1. The third kappa shape index (κ3) is 5.03. The number of amides is 1. The predicted octanol–water partition coefficient (Wildman–Crippen LogP) is 3.65. The van der Waals surface area contributed by atoms with Crippen molar-refractivity contribution in [2.75, 3.05) is 31.1 Å². The third-order valence-corrected chi connectivity index (χ3v) is 7.19. The molecule has 1 heterocycles. The van der Waals surface area contributed by atoms with Crippen LogP contribution in [0, 0.1) is 15.3 Å². The monoisotopic (exact) mass is 534 g/mol. The molecule has 152 valence electrons. The highest BCUT2D eigenvalue weighted by Crippen LogP contribution is 2.36. The quantitative estimate of drug-likeness (QED) is 0.426. The van der Waals surface area contributed by atoms with Crippen molar-refractivity contribution in [1.29, 1.82) is 0 Å². The molecule has 0 N–H and O–H groups in total. The van der Waals surface area contributed by atoms with Crippen LogP contribution in [0.5, 0.6) is 0 Å². The molecule has 1 aliphatic heterocycles. The van der Waals surface area contributed by atoms with Gasteiger partial charge in [0.2, 0.25) is 0 Å². The average Bonchev–Trinajstić information content (AvgIpc) is 2.48. The van der Waals surface area contributed by atoms with Crippen LogP contribution in [0.2, 0.25) is 5.02 Å². The summed E-state index contributed by atoms with van der Waals surface area (Å²) >= 11 is 7.81. The second-order valence-corrected chi connectivity index (χ2v) is 10.3. The third-order valence-electron chi connectivity index (χ3n) is 3.68. The Kier molecular flexibility index (Phi) is 6.99. The number of carbonyl (C=O) groups is 1. The van der Waals surface area contributed by atoms with E-state index in [4.69, 9.17) is 21.1 Å². The van der Waals surface area contributed by atoms with E-state index >= 15 is 0 Å². The van der Waals surface area contributed by atoms with Crippen molar-refractivity contribution in [3.05, 3.63) is 26.5 Å². The molecule has 1 aromatic carbocycles. The molecule has 1 aromatic rings. The first-order valence-electron chi connectivity index (χ1n) is 8.04. The van der Waals surface area contributed by atoms with Crippen molar-refractivity contribution in [3.63, 3.8) is 0 Å². The van der Waals surface area contributed by atoms with Gasteiger partial charge in [-0.3, -0.25) is 0 Å². The predicted molar refractivity (Wildman–Crippen MR) is 109 cm³/mol. The van der Waals surface area contributed by atoms with Gasteiger partial charge >= 0.3 is 16.3 Å². The number of ether oxygens (including phenoxy) is 2. The topological polar surface area (TPSA) is 76.2 Å². The van der Waals surface area contributed by atoms with E-state index in [9.17, 15) is 17.6 Å². The van der Waals surface area contributed by atoms with Crippen molar-refractivity contribution in [3.8, 4) is 0 Å². The van der Waals surface area contributed by atoms with Crippen molar-refractivity contribution in [1.82, 2.24) is 4.31 Å². The lowest BCUT2D eigenvalue weighted by Gasteiger charge is -2.40. The molecular formula is C16H21ClFIN2O5S. The Morgan fingerprint density at radius 2 is 2.00 bits per heavy atom. The molecule has 0 saturated carbocycles. The SMILES string of the molecule is COCC1CN(S(=O)(=O)N(C(=O)OC(C)(C)C)c2ccc(F)c(I)c2Cl)C1. The van der Waals surface area contributed by atoms with Gasteiger partial charge in [-0.25, -0.2) is 9.18 Å². The van der Waals surface area contributed by atoms with Gasteiger partial charge in [-0.15, -0.1) is 0 Å². The number of anilines is 1. The van der Waals surface area contributed by atoms with E-state index < -0.39 is 27.7 Å². The first kappa shape index (κ1) is 22.6. The number of benzene rings is 1. The molecular weight excluding hydrogens is 514 g/mol. The van der Waals surface area contributed by atoms with Gasteiger partial charge in [-0.1, -0.05) is 11.6 Å². The van der Waals surface area contributed by atoms with Gasteiger partial charge in [0.25, 0.3) is 0 Å². The number of nitrogens with zero attached hydrogens (tertiary/aromatic N) is 2. The van der Waals surface area contributed by atoms with Crippen molar-refractivity contribution in [2.45, 2.75) is 26.4 Å². The van der Waals surface area contributed by atoms with Crippen LogP contribution in [0.15, 0.2) is 12.1 Å². The molecule has 1 saturated heterocycles. The number of rotatable bonds is 5. The molecule has 7 nitrogen and oxygen atoms in total. The zero-order valence-corrected chi connectivity index (χ0v) is 19.1. The minimum absolute atomic E-state index is 0.0106. The lowest BCUT2D eigenvalue weighted by Crippen LogP contribution is -2.58. The fourth-order valence-corrected chi connectivity index (χ4v) is 4.86. The standard InChI is InChI=1S/C16H21ClFIN2O5S/c1-16(2,3)26-15(22)21(12-6-5-11(18)14(19)13(12)17)27(23,24)20-7-10(8-20)9-25-4/h5-6,10H,7-9H2,1-4H3. The summed E-state index contributed by atoms with van der Waals surface area (Å²) in [5.41, 5.74) is -1.09. The number of carbonyl (C=O) groups excluding carboxylic acids is 1. The zero-order valence-electron chi connectivity index (χ0n) is 15.3. The molecule has 0 atom stereocenters. The van der Waals surface area contributed by atoms with E-state index in [-0.39, 0.29) is 33.3 Å². The van der Waals surface area contributed by atoms with E-state index in [1.165, 1.54) is 7.11 Å². The number of hydrogen-bond acceptors (Lipinski definition) is 5. The van der Waals surface area contributed by atoms with Gasteiger partial charge in [-0.05, 0) is 55.5 Å². The summed E-state index contributed by atoms with van der Waals surface area (Å²) < 4.78 is 51.9. The summed E-state index contributed by atoms with van der Waals surface area (Å²) in [5, 5.41) is -0.181. The summed E-state index contributed by atoms with van der Waals surface area (Å²) in [7, 11) is -2.73. The van der Waals surface area contributed by atoms with E-state index in [0.717, 1.165) is 16.4 Å². The van der Waals surface area contributed by atoms with E-state index in [1.54, 1.807) is 43.4 Å². The molecule has 1 aliphatic rings. The maximum Gasteiger partial charge on any atom is 0.429 e. The fraction of sp³-hybridized carbons (Fsp3) is 0.562. The Bertz CT molecular complexity index is 825.